The van der Waals surface area contributed by atoms with Crippen molar-refractivity contribution in [2.45, 2.75) is 41.5 Å². The smallest absolute Gasteiger partial charge is 0.404 e. The number of phosphoric ester groups is 3. The standard InChI is InChI=1S/C21H33O12P3/c1-19(2)10-25-34(22,26-11-19)31-16-7-17(32-35(23)27-12-20(3,4)13-28-35)9-18(8-16)33-36(24)29-14-21(5,6)15-30-36/h7-9H,10-15H2,1-6H3. The van der Waals surface area contributed by atoms with Gasteiger partial charge in [0.25, 0.3) is 0 Å². The molecule has 3 fully saturated rings. The molecule has 0 spiro atoms. The Morgan fingerprint density at radius 2 is 0.694 bits per heavy atom. The van der Waals surface area contributed by atoms with Crippen LogP contribution in [0.3, 0.4) is 0 Å². The van der Waals surface area contributed by atoms with E-state index in [1.807, 2.05) is 41.5 Å². The molecule has 1 aromatic carbocycles. The van der Waals surface area contributed by atoms with E-state index >= 15 is 0 Å². The second-order valence-corrected chi connectivity index (χ2v) is 16.2. The molecule has 4 rings (SSSR count). The van der Waals surface area contributed by atoms with E-state index in [0.717, 1.165) is 0 Å². The summed E-state index contributed by atoms with van der Waals surface area (Å²) in [4.78, 5) is 0. The van der Waals surface area contributed by atoms with Crippen LogP contribution in [0.4, 0.5) is 0 Å². The average molecular weight is 570 g/mol. The van der Waals surface area contributed by atoms with Crippen LogP contribution >= 0.6 is 23.5 Å². The lowest BCUT2D eigenvalue weighted by Gasteiger charge is -2.34. The summed E-state index contributed by atoms with van der Waals surface area (Å²) in [5.74, 6) is -0.254. The van der Waals surface area contributed by atoms with Crippen LogP contribution in [0.15, 0.2) is 18.2 Å². The molecule has 15 heteroatoms. The van der Waals surface area contributed by atoms with E-state index in [9.17, 15) is 13.7 Å². The molecule has 3 aliphatic heterocycles. The molecule has 1 aromatic rings. The minimum absolute atomic E-state index is 0.0848. The second kappa shape index (κ2) is 9.67. The Morgan fingerprint density at radius 1 is 0.500 bits per heavy atom. The third-order valence-corrected chi connectivity index (χ3v) is 9.16. The van der Waals surface area contributed by atoms with Crippen LogP contribution in [0.5, 0.6) is 17.2 Å². The molecule has 0 bridgehead atoms. The number of hydrogen-bond donors (Lipinski definition) is 0. The van der Waals surface area contributed by atoms with Crippen molar-refractivity contribution in [3.8, 4) is 17.2 Å². The molecule has 0 saturated carbocycles. The van der Waals surface area contributed by atoms with Gasteiger partial charge in [0.15, 0.2) is 0 Å². The third kappa shape index (κ3) is 7.34. The fraction of sp³-hybridized carbons (Fsp3) is 0.714. The topological polar surface area (TPSA) is 134 Å². The van der Waals surface area contributed by atoms with Crippen molar-refractivity contribution in [2.24, 2.45) is 16.2 Å². The summed E-state index contributed by atoms with van der Waals surface area (Å²) in [5.41, 5.74) is -1.04. The molecule has 3 heterocycles. The van der Waals surface area contributed by atoms with Gasteiger partial charge in [-0.1, -0.05) is 41.5 Å². The number of hydrogen-bond acceptors (Lipinski definition) is 12. The summed E-state index contributed by atoms with van der Waals surface area (Å²) in [5, 5.41) is 0. The van der Waals surface area contributed by atoms with Crippen LogP contribution in [-0.2, 0) is 40.8 Å². The highest BCUT2D eigenvalue weighted by molar-refractivity contribution is 7.49. The summed E-state index contributed by atoms with van der Waals surface area (Å²) >= 11 is 0. The molecule has 0 radical (unpaired) electrons. The zero-order valence-electron chi connectivity index (χ0n) is 21.2. The van der Waals surface area contributed by atoms with Gasteiger partial charge in [0.2, 0.25) is 0 Å². The highest BCUT2D eigenvalue weighted by Gasteiger charge is 2.43. The van der Waals surface area contributed by atoms with Crippen LogP contribution in [0.1, 0.15) is 41.5 Å². The zero-order chi connectivity index (χ0) is 26.5. The molecule has 0 amide bonds. The molecular weight excluding hydrogens is 537 g/mol. The van der Waals surface area contributed by atoms with E-state index < -0.39 is 23.5 Å². The van der Waals surface area contributed by atoms with Crippen molar-refractivity contribution < 1.29 is 54.4 Å². The van der Waals surface area contributed by atoms with E-state index in [-0.39, 0.29) is 73.1 Å². The first kappa shape index (κ1) is 28.1. The quantitative estimate of drug-likeness (QED) is 0.352. The van der Waals surface area contributed by atoms with Crippen molar-refractivity contribution in [3.63, 3.8) is 0 Å². The molecule has 3 aliphatic rings. The van der Waals surface area contributed by atoms with Crippen LogP contribution in [0, 0.1) is 16.2 Å². The van der Waals surface area contributed by atoms with Gasteiger partial charge in [-0.2, -0.15) is 0 Å². The molecule has 12 nitrogen and oxygen atoms in total. The number of phosphoric acid groups is 3. The van der Waals surface area contributed by atoms with Crippen molar-refractivity contribution in [1.82, 2.24) is 0 Å². The van der Waals surface area contributed by atoms with Crippen molar-refractivity contribution in [3.05, 3.63) is 18.2 Å². The van der Waals surface area contributed by atoms with Crippen molar-refractivity contribution in [2.75, 3.05) is 39.6 Å². The Hall–Kier alpha value is -0.930. The largest absolute Gasteiger partial charge is 0.530 e. The Balaban J connectivity index is 1.58. The fourth-order valence-corrected chi connectivity index (χ4v) is 7.69. The van der Waals surface area contributed by atoms with Crippen LogP contribution < -0.4 is 13.6 Å². The summed E-state index contributed by atoms with van der Waals surface area (Å²) in [6.07, 6.45) is 0. The Morgan fingerprint density at radius 3 is 0.889 bits per heavy atom. The molecule has 204 valence electrons. The maximum Gasteiger partial charge on any atom is 0.530 e. The normalized spacial score (nSPS) is 27.5. The number of rotatable bonds is 6. The van der Waals surface area contributed by atoms with Gasteiger partial charge in [-0.15, -0.1) is 0 Å². The summed E-state index contributed by atoms with van der Waals surface area (Å²) in [6.45, 7) is 12.2. The van der Waals surface area contributed by atoms with E-state index in [2.05, 4.69) is 0 Å². The van der Waals surface area contributed by atoms with E-state index in [0.29, 0.717) is 0 Å². The van der Waals surface area contributed by atoms with Gasteiger partial charge >= 0.3 is 23.5 Å². The minimum Gasteiger partial charge on any atom is -0.404 e. The first-order valence-electron chi connectivity index (χ1n) is 11.4. The summed E-state index contributed by atoms with van der Waals surface area (Å²) in [6, 6.07) is 3.85. The molecule has 0 N–H and O–H groups in total. The Kier molecular flexibility index (Phi) is 7.55. The van der Waals surface area contributed by atoms with Gasteiger partial charge in [0.1, 0.15) is 17.2 Å². The molecule has 36 heavy (non-hydrogen) atoms. The SMILES string of the molecule is CC1(C)COP(=O)(Oc2cc(OP3(=O)OCC(C)(C)CO3)cc(OP3(=O)OCC(C)(C)CO3)c2)OC1. The van der Waals surface area contributed by atoms with Crippen LogP contribution in [-0.4, -0.2) is 39.6 Å². The van der Waals surface area contributed by atoms with E-state index in [1.165, 1.54) is 18.2 Å². The molecular formula is C21H33O12P3. The van der Waals surface area contributed by atoms with Gasteiger partial charge in [-0.05, 0) is 0 Å². The number of benzene rings is 1. The van der Waals surface area contributed by atoms with Crippen LogP contribution in [0.2, 0.25) is 0 Å². The lowest BCUT2D eigenvalue weighted by molar-refractivity contribution is 0.0171. The monoisotopic (exact) mass is 570 g/mol. The van der Waals surface area contributed by atoms with Crippen molar-refractivity contribution >= 4 is 23.5 Å². The van der Waals surface area contributed by atoms with Crippen LogP contribution in [0.25, 0.3) is 0 Å². The lowest BCUT2D eigenvalue weighted by atomic mass is 9.97. The molecule has 3 saturated heterocycles. The summed E-state index contributed by atoms with van der Waals surface area (Å²) < 4.78 is 87.9. The lowest BCUT2D eigenvalue weighted by Crippen LogP contribution is -2.30. The minimum atomic E-state index is -3.98. The maximum absolute atomic E-state index is 13.0. The molecule has 0 unspecified atom stereocenters. The fourth-order valence-electron chi connectivity index (χ4n) is 3.01. The second-order valence-electron chi connectivity index (χ2n) is 11.4. The zero-order valence-corrected chi connectivity index (χ0v) is 23.9. The van der Waals surface area contributed by atoms with Gasteiger partial charge in [-0.3, -0.25) is 27.1 Å². The van der Waals surface area contributed by atoms with E-state index in [1.54, 1.807) is 0 Å². The highest BCUT2D eigenvalue weighted by Crippen LogP contribution is 2.59. The predicted octanol–water partition coefficient (Wildman–Crippen LogP) is 6.37. The first-order valence-corrected chi connectivity index (χ1v) is 15.8. The summed E-state index contributed by atoms with van der Waals surface area (Å²) in [7, 11) is -11.9. The first-order chi connectivity index (χ1) is 16.5. The third-order valence-electron chi connectivity index (χ3n) is 5.19. The highest BCUT2D eigenvalue weighted by atomic mass is 31.2. The molecule has 0 aliphatic carbocycles. The average Bonchev–Trinajstić information content (AvgIpc) is 2.76. The van der Waals surface area contributed by atoms with Gasteiger partial charge in [-0.25, -0.2) is 13.7 Å². The van der Waals surface area contributed by atoms with E-state index in [4.69, 9.17) is 40.7 Å². The van der Waals surface area contributed by atoms with Gasteiger partial charge < -0.3 is 13.6 Å². The van der Waals surface area contributed by atoms with Gasteiger partial charge in [0, 0.05) is 34.4 Å². The predicted molar refractivity (Wildman–Crippen MR) is 128 cm³/mol. The van der Waals surface area contributed by atoms with Gasteiger partial charge in [0.05, 0.1) is 39.6 Å². The molecule has 0 atom stereocenters. The Bertz CT molecular complexity index is 939. The Labute approximate surface area is 211 Å². The maximum atomic E-state index is 13.0. The van der Waals surface area contributed by atoms with Crippen molar-refractivity contribution in [1.29, 1.82) is 0 Å². The molecule has 0 aromatic heterocycles.